The van der Waals surface area contributed by atoms with E-state index in [4.69, 9.17) is 9.47 Å². The minimum atomic E-state index is -0.273. The summed E-state index contributed by atoms with van der Waals surface area (Å²) in [6, 6.07) is 5.95. The zero-order valence-electron chi connectivity index (χ0n) is 13.0. The zero-order valence-corrected chi connectivity index (χ0v) is 13.0. The van der Waals surface area contributed by atoms with Gasteiger partial charge in [-0.2, -0.15) is 0 Å². The van der Waals surface area contributed by atoms with Crippen LogP contribution in [0, 0.1) is 0 Å². The van der Waals surface area contributed by atoms with Crippen LogP contribution in [0.5, 0.6) is 0 Å². The average molecular weight is 303 g/mol. The lowest BCUT2D eigenvalue weighted by Gasteiger charge is -2.47. The highest BCUT2D eigenvalue weighted by Crippen LogP contribution is 2.48. The van der Waals surface area contributed by atoms with Crippen molar-refractivity contribution in [2.24, 2.45) is 0 Å². The molecule has 0 radical (unpaired) electrons. The van der Waals surface area contributed by atoms with Crippen LogP contribution < -0.4 is 5.32 Å². The normalized spacial score (nSPS) is 26.1. The van der Waals surface area contributed by atoms with Crippen LogP contribution in [0.15, 0.2) is 18.2 Å². The molecule has 1 aliphatic heterocycles. The molecule has 0 saturated heterocycles. The lowest BCUT2D eigenvalue weighted by atomic mass is 9.60. The first-order chi connectivity index (χ1) is 10.6. The molecule has 1 fully saturated rings. The Labute approximate surface area is 130 Å². The van der Waals surface area contributed by atoms with Crippen molar-refractivity contribution in [2.75, 3.05) is 13.7 Å². The minimum absolute atomic E-state index is 0.0363. The lowest BCUT2D eigenvalue weighted by molar-refractivity contribution is -0.147. The number of methoxy groups -OCH3 is 1. The molecule has 0 bridgehead atoms. The Morgan fingerprint density at radius 1 is 1.41 bits per heavy atom. The summed E-state index contributed by atoms with van der Waals surface area (Å²) in [5.41, 5.74) is 2.50. The summed E-state index contributed by atoms with van der Waals surface area (Å²) in [6.07, 6.45) is 2.06. The molecule has 0 unspecified atom stereocenters. The number of amides is 1. The monoisotopic (exact) mass is 303 g/mol. The van der Waals surface area contributed by atoms with E-state index in [1.807, 2.05) is 25.1 Å². The number of carbonyl (C=O) groups is 2. The number of hydrogen-bond donors (Lipinski definition) is 1. The first-order valence-electron chi connectivity index (χ1n) is 7.68. The van der Waals surface area contributed by atoms with E-state index < -0.39 is 0 Å². The van der Waals surface area contributed by atoms with Crippen molar-refractivity contribution in [1.29, 1.82) is 0 Å². The molecular formula is C17H21NO4. The van der Waals surface area contributed by atoms with E-state index in [9.17, 15) is 9.59 Å². The van der Waals surface area contributed by atoms with Gasteiger partial charge in [-0.25, -0.2) is 0 Å². The maximum atomic E-state index is 12.0. The van der Waals surface area contributed by atoms with E-state index in [1.165, 1.54) is 0 Å². The molecule has 22 heavy (non-hydrogen) atoms. The van der Waals surface area contributed by atoms with Crippen LogP contribution in [0.2, 0.25) is 0 Å². The van der Waals surface area contributed by atoms with E-state index in [1.54, 1.807) is 7.11 Å². The molecule has 1 aliphatic carbocycles. The highest BCUT2D eigenvalue weighted by Gasteiger charge is 2.48. The van der Waals surface area contributed by atoms with Gasteiger partial charge in [0.15, 0.2) is 0 Å². The average Bonchev–Trinajstić information content (AvgIpc) is 2.84. The third kappa shape index (κ3) is 2.50. The molecule has 1 aromatic carbocycles. The van der Waals surface area contributed by atoms with E-state index >= 15 is 0 Å². The van der Waals surface area contributed by atoms with Gasteiger partial charge in [-0.1, -0.05) is 12.1 Å². The molecule has 3 rings (SSSR count). The highest BCUT2D eigenvalue weighted by atomic mass is 16.5. The Balaban J connectivity index is 1.88. The number of fused-ring (bicyclic) bond motifs is 1. The summed E-state index contributed by atoms with van der Waals surface area (Å²) >= 11 is 0. The van der Waals surface area contributed by atoms with E-state index in [2.05, 4.69) is 5.32 Å². The van der Waals surface area contributed by atoms with Crippen molar-refractivity contribution in [3.05, 3.63) is 34.9 Å². The minimum Gasteiger partial charge on any atom is -0.466 e. The molecule has 5 nitrogen and oxygen atoms in total. The molecule has 0 atom stereocenters. The van der Waals surface area contributed by atoms with E-state index in [0.29, 0.717) is 19.6 Å². The molecule has 0 aromatic heterocycles. The number of esters is 1. The number of hydrogen-bond acceptors (Lipinski definition) is 4. The second kappa shape index (κ2) is 5.72. The van der Waals surface area contributed by atoms with Gasteiger partial charge in [0.25, 0.3) is 5.91 Å². The molecule has 1 amide bonds. The van der Waals surface area contributed by atoms with Crippen LogP contribution in [0.4, 0.5) is 0 Å². The largest absolute Gasteiger partial charge is 0.466 e. The van der Waals surface area contributed by atoms with Crippen LogP contribution in [0.1, 0.15) is 47.7 Å². The molecule has 2 aliphatic rings. The maximum absolute atomic E-state index is 12.0. The van der Waals surface area contributed by atoms with Crippen LogP contribution in [0.25, 0.3) is 0 Å². The van der Waals surface area contributed by atoms with Crippen molar-refractivity contribution in [1.82, 2.24) is 5.32 Å². The van der Waals surface area contributed by atoms with Crippen LogP contribution in [-0.4, -0.2) is 31.7 Å². The van der Waals surface area contributed by atoms with Gasteiger partial charge in [0.2, 0.25) is 0 Å². The van der Waals surface area contributed by atoms with Crippen molar-refractivity contribution in [2.45, 2.75) is 44.2 Å². The van der Waals surface area contributed by atoms with E-state index in [0.717, 1.165) is 29.5 Å². The standard InChI is InChI=1S/C17H21NO4/c1-3-22-15(19)9-17(7-13(8-17)21-2)12-5-4-11-10-18-16(20)14(11)6-12/h4-6,13H,3,7-10H2,1-2H3,(H,18,20). The van der Waals surface area contributed by atoms with Crippen molar-refractivity contribution < 1.29 is 19.1 Å². The predicted molar refractivity (Wildman–Crippen MR) is 80.6 cm³/mol. The Bertz CT molecular complexity index is 605. The second-order valence-corrected chi connectivity index (χ2v) is 6.08. The molecule has 5 heteroatoms. The van der Waals surface area contributed by atoms with Crippen LogP contribution in [0.3, 0.4) is 0 Å². The van der Waals surface area contributed by atoms with Gasteiger partial charge in [0, 0.05) is 24.6 Å². The molecule has 118 valence electrons. The Kier molecular flexibility index (Phi) is 3.91. The van der Waals surface area contributed by atoms with Gasteiger partial charge < -0.3 is 14.8 Å². The van der Waals surface area contributed by atoms with Gasteiger partial charge in [-0.05, 0) is 37.0 Å². The van der Waals surface area contributed by atoms with Gasteiger partial charge in [-0.3, -0.25) is 9.59 Å². The van der Waals surface area contributed by atoms with Crippen LogP contribution in [-0.2, 0) is 26.2 Å². The number of carbonyl (C=O) groups excluding carboxylic acids is 2. The third-order valence-electron chi connectivity index (χ3n) is 4.76. The summed E-state index contributed by atoms with van der Waals surface area (Å²) < 4.78 is 10.5. The Morgan fingerprint density at radius 3 is 2.86 bits per heavy atom. The fraction of sp³-hybridized carbons (Fsp3) is 0.529. The molecule has 1 N–H and O–H groups in total. The van der Waals surface area contributed by atoms with Crippen molar-refractivity contribution in [3.63, 3.8) is 0 Å². The number of ether oxygens (including phenoxy) is 2. The summed E-state index contributed by atoms with van der Waals surface area (Å²) in [6.45, 7) is 2.78. The summed E-state index contributed by atoms with van der Waals surface area (Å²) in [5.74, 6) is -0.229. The predicted octanol–water partition coefficient (Wildman–Crippen LogP) is 1.93. The van der Waals surface area contributed by atoms with Gasteiger partial charge in [0.1, 0.15) is 0 Å². The lowest BCUT2D eigenvalue weighted by Crippen LogP contribution is -2.47. The Morgan fingerprint density at radius 2 is 2.18 bits per heavy atom. The van der Waals surface area contributed by atoms with Crippen LogP contribution >= 0.6 is 0 Å². The first kappa shape index (κ1) is 15.0. The summed E-state index contributed by atoms with van der Waals surface area (Å²) in [5, 5.41) is 2.83. The third-order valence-corrected chi connectivity index (χ3v) is 4.76. The fourth-order valence-electron chi connectivity index (χ4n) is 3.49. The fourth-order valence-corrected chi connectivity index (χ4v) is 3.49. The SMILES string of the molecule is CCOC(=O)CC1(c2ccc3c(c2)C(=O)NC3)CC(OC)C1. The smallest absolute Gasteiger partial charge is 0.306 e. The highest BCUT2D eigenvalue weighted by molar-refractivity contribution is 5.98. The molecule has 1 heterocycles. The number of nitrogens with one attached hydrogen (secondary N) is 1. The molecule has 1 saturated carbocycles. The van der Waals surface area contributed by atoms with Gasteiger partial charge in [-0.15, -0.1) is 0 Å². The first-order valence-corrected chi connectivity index (χ1v) is 7.68. The summed E-state index contributed by atoms with van der Waals surface area (Å²) in [7, 11) is 1.69. The van der Waals surface area contributed by atoms with E-state index in [-0.39, 0.29) is 23.4 Å². The molecule has 0 spiro atoms. The topological polar surface area (TPSA) is 64.6 Å². The second-order valence-electron chi connectivity index (χ2n) is 6.08. The molecular weight excluding hydrogens is 282 g/mol. The van der Waals surface area contributed by atoms with Crippen molar-refractivity contribution >= 4 is 11.9 Å². The van der Waals surface area contributed by atoms with Gasteiger partial charge in [0.05, 0.1) is 19.1 Å². The van der Waals surface area contributed by atoms with Crippen molar-refractivity contribution in [3.8, 4) is 0 Å². The maximum Gasteiger partial charge on any atom is 0.306 e. The molecule has 1 aromatic rings. The quantitative estimate of drug-likeness (QED) is 0.844. The Hall–Kier alpha value is -1.88. The zero-order chi connectivity index (χ0) is 15.7. The summed E-state index contributed by atoms with van der Waals surface area (Å²) in [4.78, 5) is 23.8. The number of rotatable bonds is 5. The number of benzene rings is 1. The van der Waals surface area contributed by atoms with Gasteiger partial charge >= 0.3 is 5.97 Å².